The molecule has 7 heteroatoms. The molecule has 0 fully saturated rings. The number of rotatable bonds is 7. The maximum absolute atomic E-state index is 5.63. The first-order valence-corrected chi connectivity index (χ1v) is 6.90. The molecule has 1 heterocycles. The normalized spacial score (nSPS) is 10.4. The Kier molecular flexibility index (Phi) is 5.02. The van der Waals surface area contributed by atoms with Gasteiger partial charge in [0.05, 0.1) is 13.7 Å². The number of tetrazole rings is 1. The summed E-state index contributed by atoms with van der Waals surface area (Å²) in [6, 6.07) is 7.57. The summed E-state index contributed by atoms with van der Waals surface area (Å²) in [7, 11) is 3.48. The van der Waals surface area contributed by atoms with Gasteiger partial charge in [-0.1, -0.05) is 11.8 Å². The van der Waals surface area contributed by atoms with Crippen molar-refractivity contribution in [3.05, 3.63) is 24.3 Å². The van der Waals surface area contributed by atoms with E-state index in [-0.39, 0.29) is 0 Å². The summed E-state index contributed by atoms with van der Waals surface area (Å²) in [6.45, 7) is 0.671. The molecule has 0 aliphatic rings. The van der Waals surface area contributed by atoms with Gasteiger partial charge < -0.3 is 9.47 Å². The Morgan fingerprint density at radius 2 is 1.95 bits per heavy atom. The molecule has 2 aromatic rings. The highest BCUT2D eigenvalue weighted by Gasteiger charge is 2.02. The molecular formula is C12H16N4O2S. The third-order valence-corrected chi connectivity index (χ3v) is 3.53. The molecule has 0 unspecified atom stereocenters. The van der Waals surface area contributed by atoms with Crippen LogP contribution < -0.4 is 9.47 Å². The maximum atomic E-state index is 5.63. The number of aryl methyl sites for hydroxylation is 1. The lowest BCUT2D eigenvalue weighted by Gasteiger charge is -2.06. The Hall–Kier alpha value is -1.76. The lowest BCUT2D eigenvalue weighted by molar-refractivity contribution is 0.318. The van der Waals surface area contributed by atoms with E-state index in [9.17, 15) is 0 Å². The van der Waals surface area contributed by atoms with Crippen LogP contribution in [0.25, 0.3) is 0 Å². The van der Waals surface area contributed by atoms with Crippen molar-refractivity contribution in [2.75, 3.05) is 19.5 Å². The number of nitrogens with zero attached hydrogens (tertiary/aromatic N) is 4. The summed E-state index contributed by atoms with van der Waals surface area (Å²) in [6.07, 6.45) is 0.934. The third-order valence-electron chi connectivity index (χ3n) is 2.43. The molecule has 0 aliphatic carbocycles. The van der Waals surface area contributed by atoms with Gasteiger partial charge >= 0.3 is 0 Å². The fourth-order valence-corrected chi connectivity index (χ4v) is 2.19. The Labute approximate surface area is 116 Å². The second-order valence-electron chi connectivity index (χ2n) is 3.81. The quantitative estimate of drug-likeness (QED) is 0.569. The van der Waals surface area contributed by atoms with Gasteiger partial charge in [0.2, 0.25) is 5.16 Å². The van der Waals surface area contributed by atoms with Crippen molar-refractivity contribution < 1.29 is 9.47 Å². The van der Waals surface area contributed by atoms with Crippen molar-refractivity contribution in [1.29, 1.82) is 0 Å². The predicted octanol–water partition coefficient (Wildman–Crippen LogP) is 1.78. The second-order valence-corrected chi connectivity index (χ2v) is 4.87. The van der Waals surface area contributed by atoms with E-state index in [1.54, 1.807) is 23.6 Å². The lowest BCUT2D eigenvalue weighted by atomic mass is 10.3. The Morgan fingerprint density at radius 3 is 2.58 bits per heavy atom. The molecule has 0 saturated carbocycles. The number of aromatic nitrogens is 4. The molecule has 19 heavy (non-hydrogen) atoms. The highest BCUT2D eigenvalue weighted by atomic mass is 32.2. The average Bonchev–Trinajstić information content (AvgIpc) is 2.85. The Morgan fingerprint density at radius 1 is 1.21 bits per heavy atom. The van der Waals surface area contributed by atoms with E-state index in [1.165, 1.54) is 0 Å². The van der Waals surface area contributed by atoms with Crippen molar-refractivity contribution in [3.63, 3.8) is 0 Å². The zero-order valence-corrected chi connectivity index (χ0v) is 11.8. The highest BCUT2D eigenvalue weighted by Crippen LogP contribution is 2.18. The Balaban J connectivity index is 1.65. The largest absolute Gasteiger partial charge is 0.497 e. The Bertz CT molecular complexity index is 501. The van der Waals surface area contributed by atoms with Crippen LogP contribution >= 0.6 is 11.8 Å². The minimum Gasteiger partial charge on any atom is -0.497 e. The topological polar surface area (TPSA) is 62.1 Å². The van der Waals surface area contributed by atoms with Crippen LogP contribution in [0.1, 0.15) is 6.42 Å². The van der Waals surface area contributed by atoms with Gasteiger partial charge in [-0.3, -0.25) is 0 Å². The highest BCUT2D eigenvalue weighted by molar-refractivity contribution is 7.99. The molecule has 0 spiro atoms. The van der Waals surface area contributed by atoms with Crippen LogP contribution in [0.15, 0.2) is 29.4 Å². The molecule has 0 atom stereocenters. The first-order chi connectivity index (χ1) is 9.29. The van der Waals surface area contributed by atoms with Crippen LogP contribution in [0.5, 0.6) is 11.5 Å². The molecule has 0 saturated heterocycles. The first kappa shape index (κ1) is 13.7. The molecule has 1 aromatic carbocycles. The molecule has 0 amide bonds. The smallest absolute Gasteiger partial charge is 0.209 e. The number of benzene rings is 1. The molecule has 0 aliphatic heterocycles. The zero-order chi connectivity index (χ0) is 13.5. The minimum absolute atomic E-state index is 0.671. The van der Waals surface area contributed by atoms with Gasteiger partial charge in [0.1, 0.15) is 11.5 Å². The van der Waals surface area contributed by atoms with Gasteiger partial charge in [-0.05, 0) is 41.1 Å². The molecule has 0 N–H and O–H groups in total. The molecular weight excluding hydrogens is 264 g/mol. The standard InChI is InChI=1S/C12H16N4O2S/c1-16-12(13-14-15-16)19-9-3-8-18-11-6-4-10(17-2)5-7-11/h4-7H,3,8-9H2,1-2H3. The van der Waals surface area contributed by atoms with Crippen LogP contribution in [0, 0.1) is 0 Å². The van der Waals surface area contributed by atoms with Crippen molar-refractivity contribution in [3.8, 4) is 11.5 Å². The van der Waals surface area contributed by atoms with E-state index in [0.29, 0.717) is 6.61 Å². The summed E-state index contributed by atoms with van der Waals surface area (Å²) < 4.78 is 12.4. The fraction of sp³-hybridized carbons (Fsp3) is 0.417. The van der Waals surface area contributed by atoms with E-state index < -0.39 is 0 Å². The van der Waals surface area contributed by atoms with E-state index in [2.05, 4.69) is 15.5 Å². The van der Waals surface area contributed by atoms with E-state index in [1.807, 2.05) is 31.3 Å². The summed E-state index contributed by atoms with van der Waals surface area (Å²) in [5.41, 5.74) is 0. The molecule has 1 aromatic heterocycles. The zero-order valence-electron chi connectivity index (χ0n) is 10.9. The molecule has 2 rings (SSSR count). The van der Waals surface area contributed by atoms with Gasteiger partial charge in [-0.25, -0.2) is 4.68 Å². The van der Waals surface area contributed by atoms with Crippen molar-refractivity contribution in [1.82, 2.24) is 20.2 Å². The number of hydrogen-bond donors (Lipinski definition) is 0. The van der Waals surface area contributed by atoms with Crippen LogP contribution in [-0.2, 0) is 7.05 Å². The number of ether oxygens (including phenoxy) is 2. The molecule has 102 valence electrons. The first-order valence-electron chi connectivity index (χ1n) is 5.91. The lowest BCUT2D eigenvalue weighted by Crippen LogP contribution is -2.00. The maximum Gasteiger partial charge on any atom is 0.209 e. The third kappa shape index (κ3) is 4.13. The average molecular weight is 280 g/mol. The fourth-order valence-electron chi connectivity index (χ4n) is 1.43. The van der Waals surface area contributed by atoms with Gasteiger partial charge in [0.15, 0.2) is 0 Å². The van der Waals surface area contributed by atoms with Gasteiger partial charge in [0.25, 0.3) is 0 Å². The van der Waals surface area contributed by atoms with Crippen molar-refractivity contribution >= 4 is 11.8 Å². The number of methoxy groups -OCH3 is 1. The number of hydrogen-bond acceptors (Lipinski definition) is 6. The van der Waals surface area contributed by atoms with Crippen LogP contribution in [0.3, 0.4) is 0 Å². The van der Waals surface area contributed by atoms with Crippen LogP contribution in [-0.4, -0.2) is 39.7 Å². The monoisotopic (exact) mass is 280 g/mol. The van der Waals surface area contributed by atoms with E-state index in [0.717, 1.165) is 28.8 Å². The van der Waals surface area contributed by atoms with E-state index >= 15 is 0 Å². The number of thioether (sulfide) groups is 1. The second kappa shape index (κ2) is 6.98. The van der Waals surface area contributed by atoms with Gasteiger partial charge in [-0.2, -0.15) is 0 Å². The van der Waals surface area contributed by atoms with Gasteiger partial charge in [-0.15, -0.1) is 5.10 Å². The van der Waals surface area contributed by atoms with Crippen LogP contribution in [0.4, 0.5) is 0 Å². The SMILES string of the molecule is COc1ccc(OCCCSc2nnnn2C)cc1. The van der Waals surface area contributed by atoms with Gasteiger partial charge in [0, 0.05) is 12.8 Å². The van der Waals surface area contributed by atoms with Crippen LogP contribution in [0.2, 0.25) is 0 Å². The summed E-state index contributed by atoms with van der Waals surface area (Å²) in [4.78, 5) is 0. The minimum atomic E-state index is 0.671. The summed E-state index contributed by atoms with van der Waals surface area (Å²) >= 11 is 1.62. The summed E-state index contributed by atoms with van der Waals surface area (Å²) in [5, 5.41) is 12.1. The molecule has 0 bridgehead atoms. The molecule has 6 nitrogen and oxygen atoms in total. The van der Waals surface area contributed by atoms with E-state index in [4.69, 9.17) is 9.47 Å². The van der Waals surface area contributed by atoms with Crippen molar-refractivity contribution in [2.24, 2.45) is 7.05 Å². The van der Waals surface area contributed by atoms with Crippen molar-refractivity contribution in [2.45, 2.75) is 11.6 Å². The predicted molar refractivity (Wildman–Crippen MR) is 72.6 cm³/mol. The molecule has 0 radical (unpaired) electrons. The summed E-state index contributed by atoms with van der Waals surface area (Å²) in [5.74, 6) is 2.61.